The van der Waals surface area contributed by atoms with Gasteiger partial charge in [-0.2, -0.15) is 0 Å². The zero-order chi connectivity index (χ0) is 14.9. The maximum atomic E-state index is 13.5. The highest BCUT2D eigenvalue weighted by Gasteiger charge is 2.26. The normalized spacial score (nSPS) is 11.4. The lowest BCUT2D eigenvalue weighted by atomic mass is 10.3. The van der Waals surface area contributed by atoms with Crippen LogP contribution in [0.1, 0.15) is 0 Å². The average Bonchev–Trinajstić information content (AvgIpc) is 2.33. The summed E-state index contributed by atoms with van der Waals surface area (Å²) in [5, 5.41) is -0.601. The van der Waals surface area contributed by atoms with Gasteiger partial charge >= 0.3 is 0 Å². The SMILES string of the molecule is O=S(=O)(Nc1c(Cl)ncnc1Cl)c1c(F)cccc1F. The Hall–Kier alpha value is -1.51. The molecule has 0 radical (unpaired) electrons. The Morgan fingerprint density at radius 3 is 2.05 bits per heavy atom. The van der Waals surface area contributed by atoms with E-state index in [2.05, 4.69) is 9.97 Å². The van der Waals surface area contributed by atoms with Gasteiger partial charge in [0.25, 0.3) is 10.0 Å². The molecule has 5 nitrogen and oxygen atoms in total. The van der Waals surface area contributed by atoms with Crippen molar-refractivity contribution < 1.29 is 17.2 Å². The van der Waals surface area contributed by atoms with E-state index in [0.29, 0.717) is 0 Å². The summed E-state index contributed by atoms with van der Waals surface area (Å²) in [5.41, 5.74) is -0.363. The number of nitrogens with one attached hydrogen (secondary N) is 1. The number of nitrogens with zero attached hydrogens (tertiary/aromatic N) is 2. The number of hydrogen-bond acceptors (Lipinski definition) is 4. The van der Waals surface area contributed by atoms with E-state index < -0.39 is 26.6 Å². The molecule has 0 unspecified atom stereocenters. The summed E-state index contributed by atoms with van der Waals surface area (Å²) in [6.07, 6.45) is 1.01. The van der Waals surface area contributed by atoms with Gasteiger partial charge in [-0.15, -0.1) is 0 Å². The van der Waals surface area contributed by atoms with Gasteiger partial charge in [0, 0.05) is 0 Å². The molecule has 1 heterocycles. The molecular weight excluding hydrogens is 335 g/mol. The molecular formula is C10H5Cl2F2N3O2S. The molecule has 0 saturated heterocycles. The predicted octanol–water partition coefficient (Wildman–Crippen LogP) is 2.86. The molecule has 2 aromatic rings. The molecule has 2 rings (SSSR count). The summed E-state index contributed by atoms with van der Waals surface area (Å²) in [5.74, 6) is -2.50. The lowest BCUT2D eigenvalue weighted by molar-refractivity contribution is 0.521. The third kappa shape index (κ3) is 2.82. The molecule has 10 heteroatoms. The zero-order valence-electron chi connectivity index (χ0n) is 9.44. The van der Waals surface area contributed by atoms with E-state index in [1.54, 1.807) is 0 Å². The van der Waals surface area contributed by atoms with Crippen molar-refractivity contribution in [2.75, 3.05) is 4.72 Å². The smallest absolute Gasteiger partial charge is 0.267 e. The van der Waals surface area contributed by atoms with E-state index in [1.165, 1.54) is 0 Å². The Morgan fingerprint density at radius 1 is 1.05 bits per heavy atom. The molecule has 0 fully saturated rings. The second-order valence-corrected chi connectivity index (χ2v) is 5.82. The number of hydrogen-bond donors (Lipinski definition) is 1. The van der Waals surface area contributed by atoms with Gasteiger partial charge in [-0.3, -0.25) is 4.72 Å². The van der Waals surface area contributed by atoms with Gasteiger partial charge in [0.1, 0.15) is 23.6 Å². The molecule has 1 aromatic carbocycles. The highest BCUT2D eigenvalue weighted by atomic mass is 35.5. The minimum Gasteiger partial charge on any atom is -0.273 e. The van der Waals surface area contributed by atoms with Gasteiger partial charge in [-0.25, -0.2) is 27.2 Å². The summed E-state index contributed by atoms with van der Waals surface area (Å²) in [4.78, 5) is 5.89. The first-order valence-electron chi connectivity index (χ1n) is 4.96. The van der Waals surface area contributed by atoms with Crippen molar-refractivity contribution in [2.45, 2.75) is 4.90 Å². The number of aromatic nitrogens is 2. The molecule has 0 spiro atoms. The first kappa shape index (κ1) is 14.9. The van der Waals surface area contributed by atoms with E-state index in [9.17, 15) is 17.2 Å². The number of sulfonamides is 1. The Morgan fingerprint density at radius 2 is 1.55 bits per heavy atom. The van der Waals surface area contributed by atoms with Crippen LogP contribution < -0.4 is 4.72 Å². The molecule has 1 aromatic heterocycles. The molecule has 0 amide bonds. The number of halogens is 4. The Balaban J connectivity index is 2.53. The van der Waals surface area contributed by atoms with Gasteiger partial charge in [-0.05, 0) is 12.1 Å². The standard InChI is InChI=1S/C10H5Cl2F2N3O2S/c11-9-7(10(12)16-4-15-9)17-20(18,19)8-5(13)2-1-3-6(8)14/h1-4,17H. The van der Waals surface area contributed by atoms with E-state index in [1.807, 2.05) is 4.72 Å². The highest BCUT2D eigenvalue weighted by Crippen LogP contribution is 2.29. The van der Waals surface area contributed by atoms with Crippen molar-refractivity contribution in [2.24, 2.45) is 0 Å². The zero-order valence-corrected chi connectivity index (χ0v) is 11.8. The van der Waals surface area contributed by atoms with Crippen LogP contribution in [0.25, 0.3) is 0 Å². The van der Waals surface area contributed by atoms with Crippen molar-refractivity contribution in [1.29, 1.82) is 0 Å². The van der Waals surface area contributed by atoms with E-state index in [0.717, 1.165) is 24.5 Å². The van der Waals surface area contributed by atoms with Crippen LogP contribution in [0, 0.1) is 11.6 Å². The monoisotopic (exact) mass is 339 g/mol. The largest absolute Gasteiger partial charge is 0.273 e. The fraction of sp³-hybridized carbons (Fsp3) is 0. The molecule has 0 aliphatic carbocycles. The van der Waals surface area contributed by atoms with Crippen molar-refractivity contribution in [3.8, 4) is 0 Å². The molecule has 106 valence electrons. The lowest BCUT2D eigenvalue weighted by Gasteiger charge is -2.11. The second-order valence-electron chi connectivity index (χ2n) is 3.49. The first-order valence-corrected chi connectivity index (χ1v) is 7.19. The van der Waals surface area contributed by atoms with Crippen LogP contribution in [0.3, 0.4) is 0 Å². The van der Waals surface area contributed by atoms with Gasteiger partial charge in [0.2, 0.25) is 0 Å². The van der Waals surface area contributed by atoms with Gasteiger partial charge in [0.15, 0.2) is 15.2 Å². The minimum atomic E-state index is -4.57. The summed E-state index contributed by atoms with van der Waals surface area (Å²) < 4.78 is 52.8. The summed E-state index contributed by atoms with van der Waals surface area (Å²) in [7, 11) is -4.57. The number of rotatable bonds is 3. The topological polar surface area (TPSA) is 72.0 Å². The predicted molar refractivity (Wildman–Crippen MR) is 69.2 cm³/mol. The van der Waals surface area contributed by atoms with E-state index in [-0.39, 0.29) is 16.0 Å². The Bertz CT molecular complexity index is 731. The van der Waals surface area contributed by atoms with Crippen LogP contribution in [0.4, 0.5) is 14.5 Å². The Kier molecular flexibility index (Phi) is 4.07. The van der Waals surface area contributed by atoms with Crippen molar-refractivity contribution in [3.63, 3.8) is 0 Å². The fourth-order valence-electron chi connectivity index (χ4n) is 1.35. The summed E-state index contributed by atoms with van der Waals surface area (Å²) >= 11 is 11.3. The summed E-state index contributed by atoms with van der Waals surface area (Å²) in [6.45, 7) is 0. The molecule has 0 bridgehead atoms. The lowest BCUT2D eigenvalue weighted by Crippen LogP contribution is -2.17. The fourth-order valence-corrected chi connectivity index (χ4v) is 3.09. The number of benzene rings is 1. The molecule has 0 aliphatic rings. The van der Waals surface area contributed by atoms with Crippen LogP contribution >= 0.6 is 23.2 Å². The molecule has 20 heavy (non-hydrogen) atoms. The third-order valence-corrected chi connectivity index (χ3v) is 4.15. The van der Waals surface area contributed by atoms with Crippen LogP contribution in [-0.4, -0.2) is 18.4 Å². The van der Waals surface area contributed by atoms with Gasteiger partial charge < -0.3 is 0 Å². The number of anilines is 1. The average molecular weight is 340 g/mol. The van der Waals surface area contributed by atoms with Gasteiger partial charge in [0.05, 0.1) is 0 Å². The van der Waals surface area contributed by atoms with E-state index in [4.69, 9.17) is 23.2 Å². The third-order valence-electron chi connectivity index (χ3n) is 2.18. The molecule has 1 N–H and O–H groups in total. The van der Waals surface area contributed by atoms with Crippen molar-refractivity contribution >= 4 is 38.9 Å². The Labute approximate surface area is 122 Å². The van der Waals surface area contributed by atoms with Crippen LogP contribution in [0.2, 0.25) is 10.3 Å². The maximum absolute atomic E-state index is 13.5. The summed E-state index contributed by atoms with van der Waals surface area (Å²) in [6, 6.07) is 2.65. The quantitative estimate of drug-likeness (QED) is 0.872. The van der Waals surface area contributed by atoms with Gasteiger partial charge in [-0.1, -0.05) is 29.3 Å². The van der Waals surface area contributed by atoms with E-state index >= 15 is 0 Å². The maximum Gasteiger partial charge on any atom is 0.267 e. The van der Waals surface area contributed by atoms with Crippen LogP contribution in [0.5, 0.6) is 0 Å². The second kappa shape index (κ2) is 5.47. The van der Waals surface area contributed by atoms with Crippen molar-refractivity contribution in [3.05, 3.63) is 46.5 Å². The van der Waals surface area contributed by atoms with Crippen LogP contribution in [-0.2, 0) is 10.0 Å². The van der Waals surface area contributed by atoms with Crippen molar-refractivity contribution in [1.82, 2.24) is 9.97 Å². The minimum absolute atomic E-state index is 0.301. The highest BCUT2D eigenvalue weighted by molar-refractivity contribution is 7.92. The molecule has 0 aliphatic heterocycles. The molecule has 0 saturated carbocycles. The van der Waals surface area contributed by atoms with Crippen LogP contribution in [0.15, 0.2) is 29.4 Å². The molecule has 0 atom stereocenters. The first-order chi connectivity index (χ1) is 9.33.